The minimum atomic E-state index is -1.18. The lowest BCUT2D eigenvalue weighted by Crippen LogP contribution is -2.55. The molecule has 0 aliphatic heterocycles. The number of hydrogen-bond donors (Lipinski definition) is 2. The van der Waals surface area contributed by atoms with Gasteiger partial charge in [0.1, 0.15) is 17.0 Å². The Morgan fingerprint density at radius 2 is 1.82 bits per heavy atom. The van der Waals surface area contributed by atoms with Gasteiger partial charge >= 0.3 is 5.97 Å². The average molecular weight is 307 g/mol. The van der Waals surface area contributed by atoms with Crippen LogP contribution in [0.25, 0.3) is 0 Å². The second kappa shape index (κ2) is 6.68. The van der Waals surface area contributed by atoms with E-state index >= 15 is 0 Å². The summed E-state index contributed by atoms with van der Waals surface area (Å²) in [6.45, 7) is 0. The van der Waals surface area contributed by atoms with Crippen molar-refractivity contribution < 1.29 is 24.2 Å². The van der Waals surface area contributed by atoms with Gasteiger partial charge in [0.25, 0.3) is 5.91 Å². The van der Waals surface area contributed by atoms with Crippen molar-refractivity contribution in [3.8, 4) is 11.5 Å². The van der Waals surface area contributed by atoms with Gasteiger partial charge in [0.05, 0.1) is 19.8 Å². The molecular formula is C16H21NO5. The number of nitrogens with one attached hydrogen (secondary N) is 1. The highest BCUT2D eigenvalue weighted by Crippen LogP contribution is 2.30. The van der Waals surface area contributed by atoms with Crippen LogP contribution in [0, 0.1) is 0 Å². The molecule has 1 amide bonds. The Hall–Kier alpha value is -2.24. The lowest BCUT2D eigenvalue weighted by atomic mass is 9.81. The fourth-order valence-corrected chi connectivity index (χ4v) is 2.82. The number of methoxy groups -OCH3 is 2. The molecule has 1 fully saturated rings. The third-order valence-electron chi connectivity index (χ3n) is 4.12. The lowest BCUT2D eigenvalue weighted by Gasteiger charge is -2.34. The number of aliphatic carboxylic acids is 1. The number of hydrogen-bond acceptors (Lipinski definition) is 4. The highest BCUT2D eigenvalue weighted by Gasteiger charge is 2.41. The van der Waals surface area contributed by atoms with E-state index in [1.165, 1.54) is 14.2 Å². The third kappa shape index (κ3) is 3.16. The maximum Gasteiger partial charge on any atom is 0.329 e. The number of amides is 1. The van der Waals surface area contributed by atoms with E-state index in [1.54, 1.807) is 18.2 Å². The predicted octanol–water partition coefficient (Wildman–Crippen LogP) is 2.22. The fourth-order valence-electron chi connectivity index (χ4n) is 2.82. The van der Waals surface area contributed by atoms with Crippen LogP contribution < -0.4 is 14.8 Å². The number of carbonyl (C=O) groups is 2. The second-order valence-corrected chi connectivity index (χ2v) is 5.47. The molecule has 1 aromatic rings. The quantitative estimate of drug-likeness (QED) is 0.871. The zero-order valence-corrected chi connectivity index (χ0v) is 12.8. The van der Waals surface area contributed by atoms with Gasteiger partial charge in [0, 0.05) is 6.07 Å². The van der Waals surface area contributed by atoms with Crippen molar-refractivity contribution in [2.75, 3.05) is 14.2 Å². The molecule has 22 heavy (non-hydrogen) atoms. The standard InChI is InChI=1S/C16H21NO5/c1-21-11-6-7-12(13(10-11)22-2)14(18)17-16(15(19)20)8-4-3-5-9-16/h6-7,10H,3-5,8-9H2,1-2H3,(H,17,18)(H,19,20). The van der Waals surface area contributed by atoms with Crippen LogP contribution in [-0.4, -0.2) is 36.7 Å². The van der Waals surface area contributed by atoms with Gasteiger partial charge in [-0.05, 0) is 25.0 Å². The molecule has 0 heterocycles. The van der Waals surface area contributed by atoms with E-state index in [-0.39, 0.29) is 0 Å². The molecule has 0 aromatic heterocycles. The number of ether oxygens (including phenoxy) is 2. The molecule has 0 radical (unpaired) electrons. The minimum Gasteiger partial charge on any atom is -0.497 e. The molecule has 0 saturated heterocycles. The van der Waals surface area contributed by atoms with E-state index in [1.807, 2.05) is 0 Å². The molecule has 1 aliphatic rings. The van der Waals surface area contributed by atoms with Gasteiger partial charge in [-0.1, -0.05) is 19.3 Å². The van der Waals surface area contributed by atoms with E-state index in [4.69, 9.17) is 9.47 Å². The first-order valence-electron chi connectivity index (χ1n) is 7.30. The monoisotopic (exact) mass is 307 g/mol. The Morgan fingerprint density at radius 3 is 2.36 bits per heavy atom. The summed E-state index contributed by atoms with van der Waals surface area (Å²) in [4.78, 5) is 24.1. The van der Waals surface area contributed by atoms with Crippen LogP contribution in [0.15, 0.2) is 18.2 Å². The summed E-state index contributed by atoms with van der Waals surface area (Å²) < 4.78 is 10.3. The number of carbonyl (C=O) groups excluding carboxylic acids is 1. The van der Waals surface area contributed by atoms with E-state index in [2.05, 4.69) is 5.32 Å². The Kier molecular flexibility index (Phi) is 4.90. The van der Waals surface area contributed by atoms with Gasteiger partial charge in [-0.25, -0.2) is 4.79 Å². The van der Waals surface area contributed by atoms with Gasteiger partial charge in [-0.2, -0.15) is 0 Å². The number of benzene rings is 1. The van der Waals surface area contributed by atoms with Gasteiger partial charge in [0.15, 0.2) is 0 Å². The average Bonchev–Trinajstić information content (AvgIpc) is 2.54. The first-order chi connectivity index (χ1) is 10.5. The van der Waals surface area contributed by atoms with Crippen LogP contribution in [0.4, 0.5) is 0 Å². The van der Waals surface area contributed by atoms with Crippen molar-refractivity contribution in [2.24, 2.45) is 0 Å². The molecule has 2 rings (SSSR count). The topological polar surface area (TPSA) is 84.9 Å². The molecule has 2 N–H and O–H groups in total. The summed E-state index contributed by atoms with van der Waals surface area (Å²) in [6.07, 6.45) is 3.49. The first kappa shape index (κ1) is 16.1. The van der Waals surface area contributed by atoms with Crippen LogP contribution in [-0.2, 0) is 4.79 Å². The van der Waals surface area contributed by atoms with Gasteiger partial charge < -0.3 is 19.9 Å². The summed E-state index contributed by atoms with van der Waals surface area (Å²) >= 11 is 0. The van der Waals surface area contributed by atoms with E-state index in [0.717, 1.165) is 19.3 Å². The van der Waals surface area contributed by atoms with Crippen LogP contribution in [0.2, 0.25) is 0 Å². The van der Waals surface area contributed by atoms with Crippen LogP contribution in [0.5, 0.6) is 11.5 Å². The van der Waals surface area contributed by atoms with E-state index in [9.17, 15) is 14.7 Å². The largest absolute Gasteiger partial charge is 0.497 e. The van der Waals surface area contributed by atoms with Crippen LogP contribution in [0.1, 0.15) is 42.5 Å². The minimum absolute atomic E-state index is 0.300. The summed E-state index contributed by atoms with van der Waals surface area (Å²) in [6, 6.07) is 4.82. The molecule has 120 valence electrons. The Bertz CT molecular complexity index is 564. The Balaban J connectivity index is 2.25. The zero-order chi connectivity index (χ0) is 16.2. The van der Waals surface area contributed by atoms with Crippen molar-refractivity contribution in [2.45, 2.75) is 37.6 Å². The van der Waals surface area contributed by atoms with Crippen molar-refractivity contribution in [1.29, 1.82) is 0 Å². The van der Waals surface area contributed by atoms with Crippen LogP contribution >= 0.6 is 0 Å². The normalized spacial score (nSPS) is 16.6. The van der Waals surface area contributed by atoms with Crippen molar-refractivity contribution in [3.63, 3.8) is 0 Å². The maximum absolute atomic E-state index is 12.5. The van der Waals surface area contributed by atoms with Gasteiger partial charge in [0.2, 0.25) is 0 Å². The van der Waals surface area contributed by atoms with Gasteiger partial charge in [-0.3, -0.25) is 4.79 Å². The molecule has 1 aliphatic carbocycles. The SMILES string of the molecule is COc1ccc(C(=O)NC2(C(=O)O)CCCCC2)c(OC)c1. The highest BCUT2D eigenvalue weighted by atomic mass is 16.5. The van der Waals surface area contributed by atoms with E-state index in [0.29, 0.717) is 29.9 Å². The molecule has 6 nitrogen and oxygen atoms in total. The predicted molar refractivity (Wildman–Crippen MR) is 80.5 cm³/mol. The first-order valence-corrected chi connectivity index (χ1v) is 7.30. The fraction of sp³-hybridized carbons (Fsp3) is 0.500. The van der Waals surface area contributed by atoms with Crippen molar-refractivity contribution in [1.82, 2.24) is 5.32 Å². The molecule has 1 saturated carbocycles. The highest BCUT2D eigenvalue weighted by molar-refractivity contribution is 6.00. The number of rotatable bonds is 5. The molecule has 0 spiro atoms. The molecule has 0 bridgehead atoms. The molecule has 0 unspecified atom stereocenters. The second-order valence-electron chi connectivity index (χ2n) is 5.47. The molecular weight excluding hydrogens is 286 g/mol. The zero-order valence-electron chi connectivity index (χ0n) is 12.8. The summed E-state index contributed by atoms with van der Waals surface area (Å²) in [5.74, 6) is -0.496. The van der Waals surface area contributed by atoms with E-state index < -0.39 is 17.4 Å². The smallest absolute Gasteiger partial charge is 0.329 e. The lowest BCUT2D eigenvalue weighted by molar-refractivity contribution is -0.145. The molecule has 0 atom stereocenters. The Labute approximate surface area is 129 Å². The number of carboxylic acid groups (broad SMARTS) is 1. The van der Waals surface area contributed by atoms with Crippen LogP contribution in [0.3, 0.4) is 0 Å². The summed E-state index contributed by atoms with van der Waals surface area (Å²) in [7, 11) is 2.98. The van der Waals surface area contributed by atoms with Crippen molar-refractivity contribution >= 4 is 11.9 Å². The summed E-state index contributed by atoms with van der Waals surface area (Å²) in [5.41, 5.74) is -0.880. The number of carboxylic acids is 1. The Morgan fingerprint density at radius 1 is 1.14 bits per heavy atom. The van der Waals surface area contributed by atoms with Gasteiger partial charge in [-0.15, -0.1) is 0 Å². The maximum atomic E-state index is 12.5. The molecule has 6 heteroatoms. The molecule has 1 aromatic carbocycles. The third-order valence-corrected chi connectivity index (χ3v) is 4.12. The van der Waals surface area contributed by atoms with Crippen molar-refractivity contribution in [3.05, 3.63) is 23.8 Å². The summed E-state index contributed by atoms with van der Waals surface area (Å²) in [5, 5.41) is 12.2.